The number of nitrogens with zero attached hydrogens (tertiary/aromatic N) is 2. The number of allylic oxidation sites excluding steroid dienone is 4. The van der Waals surface area contributed by atoms with Crippen molar-refractivity contribution in [2.45, 2.75) is 85.6 Å². The molecule has 2 heterocycles. The smallest absolute Gasteiger partial charge is 0.493 e. The van der Waals surface area contributed by atoms with Gasteiger partial charge in [0.25, 0.3) is 0 Å². The van der Waals surface area contributed by atoms with Crippen LogP contribution >= 0.6 is 0 Å². The Hall–Kier alpha value is -4.53. The molecule has 0 spiro atoms. The monoisotopic (exact) mass is 714 g/mol. The van der Waals surface area contributed by atoms with Gasteiger partial charge in [0.1, 0.15) is 18.0 Å². The van der Waals surface area contributed by atoms with Gasteiger partial charge in [-0.25, -0.2) is 0 Å². The van der Waals surface area contributed by atoms with Gasteiger partial charge in [0.15, 0.2) is 0 Å². The highest BCUT2D eigenvalue weighted by Gasteiger charge is 2.31. The van der Waals surface area contributed by atoms with Crippen LogP contribution in [0.15, 0.2) is 85.0 Å². The molecule has 0 atom stereocenters. The molecule has 4 aromatic carbocycles. The number of aryl methyl sites for hydroxylation is 1. The molecule has 0 aliphatic carbocycles. The lowest BCUT2D eigenvalue weighted by Crippen LogP contribution is -2.16. The topological polar surface area (TPSA) is 26.4 Å². The van der Waals surface area contributed by atoms with Crippen molar-refractivity contribution in [3.05, 3.63) is 95.9 Å². The lowest BCUT2D eigenvalue weighted by molar-refractivity contribution is -0.436. The molecule has 0 fully saturated rings. The molecular weight excluding hydrogens is 663 g/mol. The van der Waals surface area contributed by atoms with Crippen LogP contribution in [0.2, 0.25) is 0 Å². The minimum Gasteiger partial charge on any atom is -0.493 e. The van der Waals surface area contributed by atoms with Crippen LogP contribution in [0, 0.1) is 0 Å². The molecule has 4 nitrogen and oxygen atoms in total. The fraction of sp³-hybridized carbons (Fsp3) is 0.372. The van der Waals surface area contributed by atoms with E-state index in [2.05, 4.69) is 128 Å². The minimum atomic E-state index is -6.00. The van der Waals surface area contributed by atoms with E-state index in [1.165, 1.54) is 54.8 Å². The van der Waals surface area contributed by atoms with Crippen LogP contribution in [0.3, 0.4) is 0 Å². The van der Waals surface area contributed by atoms with Crippen LogP contribution in [0.4, 0.5) is 23.0 Å². The number of benzene rings is 4. The molecule has 1 aromatic heterocycles. The third-order valence-corrected chi connectivity index (χ3v) is 9.38. The quantitative estimate of drug-likeness (QED) is 0.0315. The van der Waals surface area contributed by atoms with Gasteiger partial charge in [-0.15, -0.1) is 0 Å². The maximum atomic E-state index is 9.75. The van der Waals surface area contributed by atoms with E-state index in [0.717, 1.165) is 89.2 Å². The summed E-state index contributed by atoms with van der Waals surface area (Å²) >= 11 is 0. The summed E-state index contributed by atoms with van der Waals surface area (Å²) in [5.41, 5.74) is 5.14. The molecule has 0 radical (unpaired) electrons. The summed E-state index contributed by atoms with van der Waals surface area (Å²) in [4.78, 5) is 0. The van der Waals surface area contributed by atoms with Crippen molar-refractivity contribution in [2.24, 2.45) is 0 Å². The van der Waals surface area contributed by atoms with E-state index in [1.807, 2.05) is 0 Å². The molecule has 52 heavy (non-hydrogen) atoms. The third-order valence-electron chi connectivity index (χ3n) is 9.38. The van der Waals surface area contributed by atoms with E-state index in [0.29, 0.717) is 0 Å². The fourth-order valence-corrected chi connectivity index (χ4v) is 6.89. The Morgan fingerprint density at radius 1 is 0.654 bits per heavy atom. The van der Waals surface area contributed by atoms with E-state index in [-0.39, 0.29) is 0 Å². The minimum absolute atomic E-state index is 0.759. The molecule has 0 saturated heterocycles. The second-order valence-electron chi connectivity index (χ2n) is 13.2. The van der Waals surface area contributed by atoms with Crippen molar-refractivity contribution < 1.29 is 31.3 Å². The summed E-state index contributed by atoms with van der Waals surface area (Å²) in [5, 5.41) is 7.60. The van der Waals surface area contributed by atoms with Crippen molar-refractivity contribution in [1.82, 2.24) is 4.57 Å². The summed E-state index contributed by atoms with van der Waals surface area (Å²) in [7, 11) is -6.00. The number of ether oxygens (including phenoxy) is 2. The summed E-state index contributed by atoms with van der Waals surface area (Å²) in [6.45, 7) is 12.5. The van der Waals surface area contributed by atoms with Gasteiger partial charge in [-0.1, -0.05) is 102 Å². The normalized spacial score (nSPS) is 13.4. The van der Waals surface area contributed by atoms with Crippen LogP contribution < -0.4 is 14.8 Å². The lowest BCUT2D eigenvalue weighted by Gasteiger charge is -2.10. The number of hydrogen-bond donors (Lipinski definition) is 0. The average molecular weight is 715 g/mol. The SMILES string of the molecule is CCCCOc1ccc2c3c(cccc13)C(/C=C/C=C/C=c1/c3cccc4c(OCCCC)ccc(c43)n1CCCC)=[N+]2CCCC.F[B-](F)(F)F. The Balaban J connectivity index is 0.000000979. The van der Waals surface area contributed by atoms with Crippen LogP contribution in [0.25, 0.3) is 38.5 Å². The van der Waals surface area contributed by atoms with Gasteiger partial charge in [0.05, 0.1) is 24.2 Å². The van der Waals surface area contributed by atoms with Crippen molar-refractivity contribution >= 4 is 57.2 Å². The molecule has 5 aromatic rings. The van der Waals surface area contributed by atoms with E-state index < -0.39 is 7.25 Å². The first-order chi connectivity index (χ1) is 25.2. The Morgan fingerprint density at radius 2 is 1.25 bits per heavy atom. The molecule has 0 saturated carbocycles. The van der Waals surface area contributed by atoms with Crippen LogP contribution in [-0.2, 0) is 6.54 Å². The van der Waals surface area contributed by atoms with Crippen molar-refractivity contribution in [3.8, 4) is 11.5 Å². The molecule has 0 amide bonds. The summed E-state index contributed by atoms with van der Waals surface area (Å²) < 4.78 is 56.5. The zero-order chi connectivity index (χ0) is 37.1. The van der Waals surface area contributed by atoms with Crippen LogP contribution in [-0.4, -0.2) is 41.9 Å². The highest BCUT2D eigenvalue weighted by molar-refractivity contribution is 6.50. The number of unbranched alkanes of at least 4 members (excludes halogenated alkanes) is 4. The molecule has 0 unspecified atom stereocenters. The van der Waals surface area contributed by atoms with E-state index in [9.17, 15) is 17.3 Å². The molecule has 0 bridgehead atoms. The number of hydrogen-bond acceptors (Lipinski definition) is 2. The Kier molecular flexibility index (Phi) is 13.6. The summed E-state index contributed by atoms with van der Waals surface area (Å²) in [6.07, 6.45) is 20.2. The van der Waals surface area contributed by atoms with Gasteiger partial charge in [-0.3, -0.25) is 0 Å². The second kappa shape index (κ2) is 18.3. The maximum Gasteiger partial charge on any atom is 0.673 e. The highest BCUT2D eigenvalue weighted by atomic mass is 19.5. The lowest BCUT2D eigenvalue weighted by atomic mass is 10.0. The van der Waals surface area contributed by atoms with Crippen molar-refractivity contribution in [3.63, 3.8) is 0 Å². The zero-order valence-corrected chi connectivity index (χ0v) is 30.9. The highest BCUT2D eigenvalue weighted by Crippen LogP contribution is 2.40. The number of aromatic nitrogens is 1. The van der Waals surface area contributed by atoms with Gasteiger partial charge in [0.2, 0.25) is 11.4 Å². The molecule has 1 aliphatic heterocycles. The average Bonchev–Trinajstić information content (AvgIpc) is 3.60. The van der Waals surface area contributed by atoms with Gasteiger partial charge in [0, 0.05) is 57.5 Å². The Labute approximate surface area is 305 Å². The van der Waals surface area contributed by atoms with Gasteiger partial charge in [-0.05, 0) is 49.6 Å². The predicted molar refractivity (Wildman–Crippen MR) is 211 cm³/mol. The van der Waals surface area contributed by atoms with E-state index in [4.69, 9.17) is 9.47 Å². The second-order valence-corrected chi connectivity index (χ2v) is 13.2. The predicted octanol–water partition coefficient (Wildman–Crippen LogP) is 12.0. The summed E-state index contributed by atoms with van der Waals surface area (Å²) in [6, 6.07) is 22.2. The molecule has 6 rings (SSSR count). The first-order valence-electron chi connectivity index (χ1n) is 18.9. The Morgan fingerprint density at radius 3 is 1.90 bits per heavy atom. The number of rotatable bonds is 17. The van der Waals surface area contributed by atoms with Crippen molar-refractivity contribution in [1.29, 1.82) is 0 Å². The first-order valence-corrected chi connectivity index (χ1v) is 18.9. The van der Waals surface area contributed by atoms with Crippen LogP contribution in [0.1, 0.15) is 84.6 Å². The third kappa shape index (κ3) is 9.09. The molecule has 0 N–H and O–H groups in total. The fourth-order valence-electron chi connectivity index (χ4n) is 6.89. The summed E-state index contributed by atoms with van der Waals surface area (Å²) in [5.74, 6) is 1.98. The maximum absolute atomic E-state index is 9.75. The zero-order valence-electron chi connectivity index (χ0n) is 30.9. The first kappa shape index (κ1) is 38.7. The molecular formula is C43H51BF4N2O2. The molecule has 1 aliphatic rings. The van der Waals surface area contributed by atoms with E-state index >= 15 is 0 Å². The van der Waals surface area contributed by atoms with Gasteiger partial charge in [-0.2, -0.15) is 4.58 Å². The van der Waals surface area contributed by atoms with Crippen LogP contribution in [0.5, 0.6) is 11.5 Å². The molecule has 276 valence electrons. The van der Waals surface area contributed by atoms with Crippen molar-refractivity contribution in [2.75, 3.05) is 19.8 Å². The number of halogens is 4. The standard InChI is InChI=1S/C43H51N2O2.BF4/c1-5-9-28-44-36(32-18-16-20-34-40(46-30-11-7-3)26-24-38(44)42(32)34)22-14-13-15-23-37-33-19-17-21-35-41(47-31-12-8-4)27-25-39(43(33)35)45(37)29-10-6-2;2-1(3,4)5/h13-27H,5-12,28-31H2,1-4H3;/q+1;-1. The Bertz CT molecular complexity index is 2110. The molecule has 9 heteroatoms. The largest absolute Gasteiger partial charge is 0.673 e. The van der Waals surface area contributed by atoms with E-state index in [1.54, 1.807) is 0 Å². The van der Waals surface area contributed by atoms with Gasteiger partial charge < -0.3 is 31.3 Å². The van der Waals surface area contributed by atoms with Gasteiger partial charge >= 0.3 is 7.25 Å².